The summed E-state index contributed by atoms with van der Waals surface area (Å²) in [6, 6.07) is 10.6. The lowest BCUT2D eigenvalue weighted by Gasteiger charge is -2.40. The number of piperazine rings is 1. The molecule has 0 N–H and O–H groups in total. The van der Waals surface area contributed by atoms with Gasteiger partial charge in [0.15, 0.2) is 0 Å². The van der Waals surface area contributed by atoms with Crippen molar-refractivity contribution in [2.45, 2.75) is 20.8 Å². The van der Waals surface area contributed by atoms with Gasteiger partial charge in [-0.15, -0.1) is 0 Å². The molecule has 0 saturated carbocycles. The molecule has 0 aliphatic carbocycles. The van der Waals surface area contributed by atoms with Gasteiger partial charge in [-0.1, -0.05) is 51.2 Å². The Hall–Kier alpha value is -1.09. The van der Waals surface area contributed by atoms with Crippen molar-refractivity contribution in [2.24, 2.45) is 5.41 Å². The van der Waals surface area contributed by atoms with E-state index in [1.165, 1.54) is 5.69 Å². The van der Waals surface area contributed by atoms with Crippen molar-refractivity contribution in [3.8, 4) is 0 Å². The van der Waals surface area contributed by atoms with Gasteiger partial charge < -0.3 is 9.80 Å². The van der Waals surface area contributed by atoms with Crippen LogP contribution in [-0.2, 0) is 0 Å². The molecule has 1 heterocycles. The van der Waals surface area contributed by atoms with Gasteiger partial charge in [0.25, 0.3) is 0 Å². The number of thiocarbonyl (C=S) groups is 1. The van der Waals surface area contributed by atoms with Crippen LogP contribution in [0.4, 0.5) is 5.69 Å². The number of nitrogens with zero attached hydrogens (tertiary/aromatic N) is 2. The fourth-order valence-corrected chi connectivity index (χ4v) is 2.46. The van der Waals surface area contributed by atoms with Crippen LogP contribution in [-0.4, -0.2) is 36.1 Å². The van der Waals surface area contributed by atoms with E-state index >= 15 is 0 Å². The van der Waals surface area contributed by atoms with Gasteiger partial charge in [-0.3, -0.25) is 0 Å². The van der Waals surface area contributed by atoms with Crippen LogP contribution in [0.2, 0.25) is 0 Å². The van der Waals surface area contributed by atoms with Gasteiger partial charge in [-0.2, -0.15) is 0 Å². The maximum Gasteiger partial charge on any atom is 0.0834 e. The molecule has 0 radical (unpaired) electrons. The molecule has 1 aromatic rings. The Kier molecular flexibility index (Phi) is 3.91. The number of hydrogen-bond donors (Lipinski definition) is 0. The summed E-state index contributed by atoms with van der Waals surface area (Å²) in [7, 11) is 0. The Balaban J connectivity index is 1.95. The van der Waals surface area contributed by atoms with Gasteiger partial charge in [-0.05, 0) is 12.1 Å². The zero-order chi connectivity index (χ0) is 13.2. The van der Waals surface area contributed by atoms with E-state index in [4.69, 9.17) is 12.2 Å². The zero-order valence-corrected chi connectivity index (χ0v) is 12.3. The van der Waals surface area contributed by atoms with Crippen molar-refractivity contribution in [2.75, 3.05) is 31.1 Å². The topological polar surface area (TPSA) is 6.48 Å². The van der Waals surface area contributed by atoms with Crippen LogP contribution in [0, 0.1) is 5.41 Å². The molecule has 3 heteroatoms. The second kappa shape index (κ2) is 5.27. The van der Waals surface area contributed by atoms with E-state index in [-0.39, 0.29) is 5.41 Å². The molecule has 0 unspecified atom stereocenters. The Morgan fingerprint density at radius 3 is 2.06 bits per heavy atom. The third-order valence-electron chi connectivity index (χ3n) is 3.33. The molecule has 0 atom stereocenters. The molecule has 1 aliphatic rings. The highest BCUT2D eigenvalue weighted by Gasteiger charge is 2.26. The lowest BCUT2D eigenvalue weighted by atomic mass is 9.95. The molecule has 18 heavy (non-hydrogen) atoms. The largest absolute Gasteiger partial charge is 0.368 e. The van der Waals surface area contributed by atoms with Gasteiger partial charge in [-0.25, -0.2) is 0 Å². The second-order valence-corrected chi connectivity index (χ2v) is 6.25. The van der Waals surface area contributed by atoms with Gasteiger partial charge in [0.05, 0.1) is 4.99 Å². The van der Waals surface area contributed by atoms with E-state index in [1.807, 2.05) is 0 Å². The van der Waals surface area contributed by atoms with Crippen LogP contribution in [0.15, 0.2) is 30.3 Å². The van der Waals surface area contributed by atoms with E-state index in [2.05, 4.69) is 60.9 Å². The fourth-order valence-electron chi connectivity index (χ4n) is 2.28. The summed E-state index contributed by atoms with van der Waals surface area (Å²) in [6.45, 7) is 10.8. The molecule has 0 aromatic heterocycles. The highest BCUT2D eigenvalue weighted by atomic mass is 32.1. The Bertz CT molecular complexity index is 400. The first-order valence-electron chi connectivity index (χ1n) is 6.58. The standard InChI is InChI=1S/C15H22N2S/c1-15(2,3)14(18)17-11-9-16(10-12-17)13-7-5-4-6-8-13/h4-8H,9-12H2,1-3H3. The molecule has 1 aromatic carbocycles. The summed E-state index contributed by atoms with van der Waals surface area (Å²) in [5, 5.41) is 0. The Morgan fingerprint density at radius 2 is 1.56 bits per heavy atom. The molecule has 2 rings (SSSR count). The first kappa shape index (κ1) is 13.3. The van der Waals surface area contributed by atoms with Crippen LogP contribution in [0.1, 0.15) is 20.8 Å². The summed E-state index contributed by atoms with van der Waals surface area (Å²) in [5.74, 6) is 0. The molecule has 0 amide bonds. The van der Waals surface area contributed by atoms with Crippen LogP contribution in [0.5, 0.6) is 0 Å². The molecule has 2 nitrogen and oxygen atoms in total. The molecule has 0 spiro atoms. The first-order valence-corrected chi connectivity index (χ1v) is 6.99. The van der Waals surface area contributed by atoms with E-state index in [9.17, 15) is 0 Å². The van der Waals surface area contributed by atoms with E-state index < -0.39 is 0 Å². The number of benzene rings is 1. The highest BCUT2D eigenvalue weighted by molar-refractivity contribution is 7.80. The first-order chi connectivity index (χ1) is 8.48. The van der Waals surface area contributed by atoms with E-state index in [0.29, 0.717) is 0 Å². The predicted molar refractivity (Wildman–Crippen MR) is 82.3 cm³/mol. The number of anilines is 1. The minimum atomic E-state index is 0.101. The lowest BCUT2D eigenvalue weighted by molar-refractivity contribution is 0.356. The quantitative estimate of drug-likeness (QED) is 0.718. The third-order valence-corrected chi connectivity index (χ3v) is 4.20. The molecule has 1 aliphatic heterocycles. The van der Waals surface area contributed by atoms with Crippen LogP contribution >= 0.6 is 12.2 Å². The molecule has 1 fully saturated rings. The van der Waals surface area contributed by atoms with Gasteiger partial charge >= 0.3 is 0 Å². The van der Waals surface area contributed by atoms with E-state index in [0.717, 1.165) is 31.2 Å². The fraction of sp³-hybridized carbons (Fsp3) is 0.533. The maximum atomic E-state index is 5.57. The van der Waals surface area contributed by atoms with Crippen molar-refractivity contribution in [1.29, 1.82) is 0 Å². The second-order valence-electron chi connectivity index (χ2n) is 5.86. The molecule has 1 saturated heterocycles. The zero-order valence-electron chi connectivity index (χ0n) is 11.5. The molecule has 98 valence electrons. The van der Waals surface area contributed by atoms with Crippen molar-refractivity contribution < 1.29 is 0 Å². The summed E-state index contributed by atoms with van der Waals surface area (Å²) < 4.78 is 0. The van der Waals surface area contributed by atoms with Crippen molar-refractivity contribution in [3.63, 3.8) is 0 Å². The molecular formula is C15H22N2S. The van der Waals surface area contributed by atoms with Gasteiger partial charge in [0.1, 0.15) is 0 Å². The van der Waals surface area contributed by atoms with Crippen molar-refractivity contribution in [1.82, 2.24) is 4.90 Å². The molecule has 0 bridgehead atoms. The Morgan fingerprint density at radius 1 is 1.00 bits per heavy atom. The van der Waals surface area contributed by atoms with Crippen LogP contribution < -0.4 is 4.90 Å². The predicted octanol–water partition coefficient (Wildman–Crippen LogP) is 3.18. The summed E-state index contributed by atoms with van der Waals surface area (Å²) >= 11 is 5.57. The van der Waals surface area contributed by atoms with Crippen LogP contribution in [0.3, 0.4) is 0 Å². The Labute approximate surface area is 116 Å². The van der Waals surface area contributed by atoms with E-state index in [1.54, 1.807) is 0 Å². The summed E-state index contributed by atoms with van der Waals surface area (Å²) in [5.41, 5.74) is 1.42. The summed E-state index contributed by atoms with van der Waals surface area (Å²) in [6.07, 6.45) is 0. The smallest absolute Gasteiger partial charge is 0.0834 e. The number of hydrogen-bond acceptors (Lipinski definition) is 2. The van der Waals surface area contributed by atoms with Crippen LogP contribution in [0.25, 0.3) is 0 Å². The minimum Gasteiger partial charge on any atom is -0.368 e. The number of rotatable bonds is 1. The highest BCUT2D eigenvalue weighted by Crippen LogP contribution is 2.22. The third kappa shape index (κ3) is 3.02. The maximum absolute atomic E-state index is 5.57. The van der Waals surface area contributed by atoms with Crippen molar-refractivity contribution >= 4 is 22.9 Å². The lowest BCUT2D eigenvalue weighted by Crippen LogP contribution is -2.51. The van der Waals surface area contributed by atoms with Gasteiger partial charge in [0.2, 0.25) is 0 Å². The summed E-state index contributed by atoms with van der Waals surface area (Å²) in [4.78, 5) is 5.88. The normalized spacial score (nSPS) is 16.8. The molecular weight excluding hydrogens is 240 g/mol. The minimum absolute atomic E-state index is 0.101. The number of para-hydroxylation sites is 1. The van der Waals surface area contributed by atoms with Crippen molar-refractivity contribution in [3.05, 3.63) is 30.3 Å². The monoisotopic (exact) mass is 262 g/mol. The average Bonchev–Trinajstić information content (AvgIpc) is 2.38. The average molecular weight is 262 g/mol. The SMILES string of the molecule is CC(C)(C)C(=S)N1CCN(c2ccccc2)CC1. The van der Waals surface area contributed by atoms with Gasteiger partial charge in [0, 0.05) is 37.3 Å².